The van der Waals surface area contributed by atoms with E-state index in [-0.39, 0.29) is 17.1 Å². The van der Waals surface area contributed by atoms with Crippen molar-refractivity contribution < 1.29 is 14.3 Å². The van der Waals surface area contributed by atoms with Crippen molar-refractivity contribution in [3.8, 4) is 0 Å². The fraction of sp³-hybridized carbons (Fsp3) is 0.417. The van der Waals surface area contributed by atoms with Crippen molar-refractivity contribution in [1.29, 1.82) is 0 Å². The van der Waals surface area contributed by atoms with Gasteiger partial charge in [0.15, 0.2) is 0 Å². The average molecular weight is 260 g/mol. The number of hydrogen-bond donors (Lipinski definition) is 2. The minimum absolute atomic E-state index is 0.0625. The number of halogens is 2. The summed E-state index contributed by atoms with van der Waals surface area (Å²) in [6, 6.07) is 3.57. The Morgan fingerprint density at radius 3 is 2.88 bits per heavy atom. The number of amides is 1. The molecule has 0 aliphatic heterocycles. The lowest BCUT2D eigenvalue weighted by Gasteiger charge is -2.11. The first-order valence-corrected chi connectivity index (χ1v) is 5.83. The topological polar surface area (TPSA) is 49.3 Å². The number of carbonyl (C=O) groups excluding carboxylic acids is 1. The van der Waals surface area contributed by atoms with E-state index in [0.717, 1.165) is 12.5 Å². The van der Waals surface area contributed by atoms with Crippen LogP contribution in [0.1, 0.15) is 30.1 Å². The third-order valence-electron chi connectivity index (χ3n) is 2.30. The summed E-state index contributed by atoms with van der Waals surface area (Å²) in [7, 11) is 0. The van der Waals surface area contributed by atoms with Gasteiger partial charge < -0.3 is 10.4 Å². The van der Waals surface area contributed by atoms with E-state index < -0.39 is 17.8 Å². The van der Waals surface area contributed by atoms with E-state index in [2.05, 4.69) is 5.32 Å². The molecule has 0 heterocycles. The number of rotatable bonds is 5. The molecule has 2 N–H and O–H groups in total. The molecule has 94 valence electrons. The molecule has 0 aliphatic carbocycles. The number of carbonyl (C=O) groups is 1. The zero-order chi connectivity index (χ0) is 12.8. The molecule has 5 heteroatoms. The maximum atomic E-state index is 12.8. The lowest BCUT2D eigenvalue weighted by Crippen LogP contribution is -2.32. The van der Waals surface area contributed by atoms with Crippen LogP contribution in [0.4, 0.5) is 4.39 Å². The Hall–Kier alpha value is -1.13. The molecule has 0 radical (unpaired) electrons. The zero-order valence-corrected chi connectivity index (χ0v) is 10.3. The molecule has 0 saturated heterocycles. The first-order valence-electron chi connectivity index (χ1n) is 5.46. The number of hydrogen-bond acceptors (Lipinski definition) is 2. The van der Waals surface area contributed by atoms with Crippen molar-refractivity contribution in [2.24, 2.45) is 0 Å². The van der Waals surface area contributed by atoms with E-state index in [9.17, 15) is 14.3 Å². The fourth-order valence-electron chi connectivity index (χ4n) is 1.41. The van der Waals surface area contributed by atoms with Gasteiger partial charge in [0.1, 0.15) is 5.82 Å². The highest BCUT2D eigenvalue weighted by atomic mass is 35.5. The van der Waals surface area contributed by atoms with Crippen LogP contribution in [0, 0.1) is 5.82 Å². The molecule has 1 aromatic carbocycles. The van der Waals surface area contributed by atoms with E-state index in [0.29, 0.717) is 6.42 Å². The summed E-state index contributed by atoms with van der Waals surface area (Å²) in [4.78, 5) is 11.7. The summed E-state index contributed by atoms with van der Waals surface area (Å²) in [5.41, 5.74) is 0.205. The third-order valence-corrected chi connectivity index (χ3v) is 2.61. The Morgan fingerprint density at radius 2 is 2.29 bits per heavy atom. The molecule has 0 fully saturated rings. The van der Waals surface area contributed by atoms with E-state index in [1.165, 1.54) is 12.1 Å². The minimum atomic E-state index is -0.567. The third kappa shape index (κ3) is 4.32. The second kappa shape index (κ2) is 6.57. The number of aliphatic hydroxyl groups is 1. The summed E-state index contributed by atoms with van der Waals surface area (Å²) in [6.07, 6.45) is 0.898. The van der Waals surface area contributed by atoms with Crippen LogP contribution >= 0.6 is 11.6 Å². The highest BCUT2D eigenvalue weighted by Crippen LogP contribution is 2.16. The molecule has 1 atom stereocenters. The Labute approximate surface area is 105 Å². The quantitative estimate of drug-likeness (QED) is 0.853. The largest absolute Gasteiger partial charge is 0.391 e. The predicted molar refractivity (Wildman–Crippen MR) is 64.7 cm³/mol. The van der Waals surface area contributed by atoms with E-state index in [4.69, 9.17) is 11.6 Å². The summed E-state index contributed by atoms with van der Waals surface area (Å²) in [5.74, 6) is -0.900. The van der Waals surface area contributed by atoms with Gasteiger partial charge in [-0.05, 0) is 24.6 Å². The zero-order valence-electron chi connectivity index (χ0n) is 9.54. The van der Waals surface area contributed by atoms with Crippen LogP contribution in [0.5, 0.6) is 0 Å². The molecule has 0 bridgehead atoms. The van der Waals surface area contributed by atoms with Crippen LogP contribution in [-0.4, -0.2) is 23.7 Å². The monoisotopic (exact) mass is 259 g/mol. The van der Waals surface area contributed by atoms with Crippen molar-refractivity contribution >= 4 is 17.5 Å². The van der Waals surface area contributed by atoms with Gasteiger partial charge in [0.2, 0.25) is 0 Å². The molecule has 17 heavy (non-hydrogen) atoms. The minimum Gasteiger partial charge on any atom is -0.391 e. The van der Waals surface area contributed by atoms with Crippen LogP contribution in [0.25, 0.3) is 0 Å². The molecule has 0 saturated carbocycles. The molecular weight excluding hydrogens is 245 g/mol. The van der Waals surface area contributed by atoms with Gasteiger partial charge >= 0.3 is 0 Å². The Kier molecular flexibility index (Phi) is 5.38. The maximum absolute atomic E-state index is 12.8. The number of aliphatic hydroxyl groups excluding tert-OH is 1. The summed E-state index contributed by atoms with van der Waals surface area (Å²) >= 11 is 5.74. The molecule has 1 unspecified atom stereocenters. The van der Waals surface area contributed by atoms with Gasteiger partial charge in [-0.25, -0.2) is 4.39 Å². The normalized spacial score (nSPS) is 12.2. The van der Waals surface area contributed by atoms with Crippen molar-refractivity contribution in [2.75, 3.05) is 6.54 Å². The average Bonchev–Trinajstić information content (AvgIpc) is 2.26. The van der Waals surface area contributed by atoms with Crippen molar-refractivity contribution in [2.45, 2.75) is 25.9 Å². The van der Waals surface area contributed by atoms with Gasteiger partial charge in [-0.1, -0.05) is 24.9 Å². The number of benzene rings is 1. The second-order valence-corrected chi connectivity index (χ2v) is 4.18. The van der Waals surface area contributed by atoms with Crippen molar-refractivity contribution in [1.82, 2.24) is 5.32 Å². The van der Waals surface area contributed by atoms with Crippen molar-refractivity contribution in [3.63, 3.8) is 0 Å². The van der Waals surface area contributed by atoms with Gasteiger partial charge in [-0.15, -0.1) is 0 Å². The summed E-state index contributed by atoms with van der Waals surface area (Å²) in [6.45, 7) is 2.11. The van der Waals surface area contributed by atoms with Gasteiger partial charge in [-0.2, -0.15) is 0 Å². The Balaban J connectivity index is 2.58. The second-order valence-electron chi connectivity index (χ2n) is 3.78. The van der Waals surface area contributed by atoms with Gasteiger partial charge in [0, 0.05) is 6.54 Å². The van der Waals surface area contributed by atoms with Crippen molar-refractivity contribution in [3.05, 3.63) is 34.6 Å². The highest BCUT2D eigenvalue weighted by molar-refractivity contribution is 6.33. The van der Waals surface area contributed by atoms with Crippen LogP contribution in [0.3, 0.4) is 0 Å². The Bertz CT molecular complexity index is 398. The van der Waals surface area contributed by atoms with Gasteiger partial charge in [0.05, 0.1) is 16.7 Å². The first-order chi connectivity index (χ1) is 8.04. The molecule has 0 spiro atoms. The van der Waals surface area contributed by atoms with E-state index >= 15 is 0 Å². The molecule has 1 aromatic rings. The van der Waals surface area contributed by atoms with E-state index in [1.807, 2.05) is 6.92 Å². The molecule has 0 aliphatic rings. The van der Waals surface area contributed by atoms with E-state index in [1.54, 1.807) is 0 Å². The lowest BCUT2D eigenvalue weighted by atomic mass is 10.2. The highest BCUT2D eigenvalue weighted by Gasteiger charge is 2.12. The van der Waals surface area contributed by atoms with Gasteiger partial charge in [-0.3, -0.25) is 4.79 Å². The van der Waals surface area contributed by atoms with Crippen LogP contribution < -0.4 is 5.32 Å². The molecule has 3 nitrogen and oxygen atoms in total. The summed E-state index contributed by atoms with van der Waals surface area (Å²) < 4.78 is 12.8. The van der Waals surface area contributed by atoms with Crippen LogP contribution in [0.2, 0.25) is 5.02 Å². The fourth-order valence-corrected chi connectivity index (χ4v) is 1.67. The molecule has 1 rings (SSSR count). The smallest absolute Gasteiger partial charge is 0.252 e. The maximum Gasteiger partial charge on any atom is 0.252 e. The standard InChI is InChI=1S/C12H15ClFNO2/c1-2-3-9(16)7-15-12(17)10-5-4-8(14)6-11(10)13/h4-6,9,16H,2-3,7H2,1H3,(H,15,17). The predicted octanol–water partition coefficient (Wildman–Crippen LogP) is 2.37. The molecule has 1 amide bonds. The molecule has 0 aromatic heterocycles. The number of nitrogens with one attached hydrogen (secondary N) is 1. The van der Waals surface area contributed by atoms with Crippen LogP contribution in [-0.2, 0) is 0 Å². The van der Waals surface area contributed by atoms with Crippen LogP contribution in [0.15, 0.2) is 18.2 Å². The Morgan fingerprint density at radius 1 is 1.59 bits per heavy atom. The summed E-state index contributed by atoms with van der Waals surface area (Å²) in [5, 5.41) is 12.1. The SMILES string of the molecule is CCCC(O)CNC(=O)c1ccc(F)cc1Cl. The molecular formula is C12H15ClFNO2. The van der Waals surface area contributed by atoms with Gasteiger partial charge in [0.25, 0.3) is 5.91 Å². The first kappa shape index (κ1) is 13.9. The lowest BCUT2D eigenvalue weighted by molar-refractivity contribution is 0.0910.